The summed E-state index contributed by atoms with van der Waals surface area (Å²) in [6, 6.07) is 3.59. The molecule has 0 saturated heterocycles. The van der Waals surface area contributed by atoms with Crippen LogP contribution in [-0.4, -0.2) is 17.9 Å². The Morgan fingerprint density at radius 3 is 2.93 bits per heavy atom. The minimum absolute atomic E-state index is 0.145. The van der Waals surface area contributed by atoms with Crippen molar-refractivity contribution < 1.29 is 9.53 Å². The highest BCUT2D eigenvalue weighted by atomic mass is 16.5. The van der Waals surface area contributed by atoms with Crippen LogP contribution in [0.1, 0.15) is 12.0 Å². The second kappa shape index (κ2) is 5.17. The Kier molecular flexibility index (Phi) is 3.85. The van der Waals surface area contributed by atoms with Gasteiger partial charge in [-0.15, -0.1) is 6.58 Å². The van der Waals surface area contributed by atoms with Gasteiger partial charge in [-0.3, -0.25) is 4.79 Å². The van der Waals surface area contributed by atoms with E-state index in [1.807, 2.05) is 6.07 Å². The lowest BCUT2D eigenvalue weighted by molar-refractivity contribution is -0.117. The second-order valence-electron chi connectivity index (χ2n) is 2.92. The minimum Gasteiger partial charge on any atom is -0.481 e. The van der Waals surface area contributed by atoms with E-state index in [0.717, 1.165) is 5.56 Å². The molecule has 0 saturated carbocycles. The Morgan fingerprint density at radius 1 is 1.64 bits per heavy atom. The zero-order valence-corrected chi connectivity index (χ0v) is 8.19. The molecule has 0 aliphatic heterocycles. The molecule has 0 aliphatic carbocycles. The van der Waals surface area contributed by atoms with E-state index in [4.69, 9.17) is 4.74 Å². The van der Waals surface area contributed by atoms with Crippen LogP contribution in [0.25, 0.3) is 0 Å². The summed E-state index contributed by atoms with van der Waals surface area (Å²) < 4.78 is 4.91. The van der Waals surface area contributed by atoms with Crippen molar-refractivity contribution in [2.75, 3.05) is 7.11 Å². The van der Waals surface area contributed by atoms with Crippen molar-refractivity contribution in [1.29, 1.82) is 0 Å². The molecule has 0 atom stereocenters. The van der Waals surface area contributed by atoms with E-state index >= 15 is 0 Å². The summed E-state index contributed by atoms with van der Waals surface area (Å²) in [6.07, 6.45) is 4.08. The highest BCUT2D eigenvalue weighted by Crippen LogP contribution is 2.07. The molecule has 1 aromatic rings. The molecule has 0 amide bonds. The van der Waals surface area contributed by atoms with Crippen molar-refractivity contribution in [3.05, 3.63) is 36.5 Å². The molecule has 0 aromatic carbocycles. The van der Waals surface area contributed by atoms with Gasteiger partial charge in [-0.05, 0) is 5.56 Å². The van der Waals surface area contributed by atoms with E-state index < -0.39 is 0 Å². The summed E-state index contributed by atoms with van der Waals surface area (Å²) in [4.78, 5) is 15.2. The predicted molar refractivity (Wildman–Crippen MR) is 54.3 cm³/mol. The Bertz CT molecular complexity index is 317. The topological polar surface area (TPSA) is 39.2 Å². The molecule has 3 nitrogen and oxygen atoms in total. The van der Waals surface area contributed by atoms with Gasteiger partial charge in [0.2, 0.25) is 5.88 Å². The molecule has 0 N–H and O–H groups in total. The molecule has 1 heterocycles. The molecule has 0 spiro atoms. The number of aromatic nitrogens is 1. The molecule has 1 aromatic heterocycles. The van der Waals surface area contributed by atoms with Crippen molar-refractivity contribution in [3.8, 4) is 5.88 Å². The van der Waals surface area contributed by atoms with Gasteiger partial charge in [0, 0.05) is 25.1 Å². The first-order valence-electron chi connectivity index (χ1n) is 4.37. The van der Waals surface area contributed by atoms with Crippen molar-refractivity contribution in [1.82, 2.24) is 4.98 Å². The van der Waals surface area contributed by atoms with Crippen LogP contribution in [-0.2, 0) is 11.2 Å². The van der Waals surface area contributed by atoms with E-state index in [0.29, 0.717) is 18.7 Å². The number of pyridine rings is 1. The van der Waals surface area contributed by atoms with E-state index in [2.05, 4.69) is 11.6 Å². The van der Waals surface area contributed by atoms with Crippen LogP contribution in [0.5, 0.6) is 5.88 Å². The highest BCUT2D eigenvalue weighted by Gasteiger charge is 2.02. The summed E-state index contributed by atoms with van der Waals surface area (Å²) in [5.74, 6) is 0.705. The van der Waals surface area contributed by atoms with Crippen LogP contribution in [0, 0.1) is 0 Å². The fourth-order valence-electron chi connectivity index (χ4n) is 1.10. The number of Topliss-reactive ketones (excluding diaryl/α,β-unsaturated/α-hetero) is 1. The van der Waals surface area contributed by atoms with Crippen molar-refractivity contribution >= 4 is 5.78 Å². The lowest BCUT2D eigenvalue weighted by Crippen LogP contribution is -2.01. The lowest BCUT2D eigenvalue weighted by atomic mass is 10.1. The third-order valence-corrected chi connectivity index (χ3v) is 1.78. The maximum absolute atomic E-state index is 11.2. The average Bonchev–Trinajstić information content (AvgIpc) is 2.19. The van der Waals surface area contributed by atoms with Crippen molar-refractivity contribution in [2.24, 2.45) is 0 Å². The molecular formula is C11H13NO2. The zero-order chi connectivity index (χ0) is 10.4. The van der Waals surface area contributed by atoms with E-state index in [1.165, 1.54) is 0 Å². The third kappa shape index (κ3) is 3.01. The average molecular weight is 191 g/mol. The van der Waals surface area contributed by atoms with Gasteiger partial charge in [-0.25, -0.2) is 4.98 Å². The quantitative estimate of drug-likeness (QED) is 0.666. The number of allylic oxidation sites excluding steroid dienone is 1. The van der Waals surface area contributed by atoms with Crippen LogP contribution in [0.4, 0.5) is 0 Å². The van der Waals surface area contributed by atoms with Gasteiger partial charge in [-0.2, -0.15) is 0 Å². The maximum atomic E-state index is 11.2. The molecule has 3 heteroatoms. The lowest BCUT2D eigenvalue weighted by Gasteiger charge is -2.00. The molecule has 1 rings (SSSR count). The fraction of sp³-hybridized carbons (Fsp3) is 0.273. The minimum atomic E-state index is 0.145. The summed E-state index contributed by atoms with van der Waals surface area (Å²) in [5.41, 5.74) is 0.901. The SMILES string of the molecule is C=CCC(=O)Cc1ccc(OC)nc1. The van der Waals surface area contributed by atoms with Crippen LogP contribution in [0.3, 0.4) is 0 Å². The van der Waals surface area contributed by atoms with Crippen LogP contribution < -0.4 is 4.74 Å². The number of hydrogen-bond acceptors (Lipinski definition) is 3. The number of carbonyl (C=O) groups is 1. The molecule has 14 heavy (non-hydrogen) atoms. The van der Waals surface area contributed by atoms with Gasteiger partial charge in [0.1, 0.15) is 5.78 Å². The van der Waals surface area contributed by atoms with Gasteiger partial charge in [0.25, 0.3) is 0 Å². The highest BCUT2D eigenvalue weighted by molar-refractivity contribution is 5.81. The molecule has 0 bridgehead atoms. The Balaban J connectivity index is 2.59. The van der Waals surface area contributed by atoms with Crippen LogP contribution >= 0.6 is 0 Å². The number of rotatable bonds is 5. The fourth-order valence-corrected chi connectivity index (χ4v) is 1.10. The number of methoxy groups -OCH3 is 1. The standard InChI is InChI=1S/C11H13NO2/c1-3-4-10(13)7-9-5-6-11(14-2)12-8-9/h3,5-6,8H,1,4,7H2,2H3. The van der Waals surface area contributed by atoms with E-state index in [9.17, 15) is 4.79 Å². The molecule has 0 aliphatic rings. The van der Waals surface area contributed by atoms with E-state index in [1.54, 1.807) is 25.4 Å². The van der Waals surface area contributed by atoms with Crippen LogP contribution in [0.2, 0.25) is 0 Å². The number of carbonyl (C=O) groups excluding carboxylic acids is 1. The summed E-state index contributed by atoms with van der Waals surface area (Å²) in [7, 11) is 1.56. The normalized spacial score (nSPS) is 9.50. The Morgan fingerprint density at radius 2 is 2.43 bits per heavy atom. The van der Waals surface area contributed by atoms with E-state index in [-0.39, 0.29) is 5.78 Å². The molecule has 0 fully saturated rings. The summed E-state index contributed by atoms with van der Waals surface area (Å²) in [5, 5.41) is 0. The van der Waals surface area contributed by atoms with Crippen molar-refractivity contribution in [3.63, 3.8) is 0 Å². The molecular weight excluding hydrogens is 178 g/mol. The van der Waals surface area contributed by atoms with Crippen molar-refractivity contribution in [2.45, 2.75) is 12.8 Å². The second-order valence-corrected chi connectivity index (χ2v) is 2.92. The largest absolute Gasteiger partial charge is 0.481 e. The van der Waals surface area contributed by atoms with Gasteiger partial charge in [0.15, 0.2) is 0 Å². The third-order valence-electron chi connectivity index (χ3n) is 1.78. The van der Waals surface area contributed by atoms with Gasteiger partial charge < -0.3 is 4.74 Å². The number of ether oxygens (including phenoxy) is 1. The Labute approximate surface area is 83.4 Å². The maximum Gasteiger partial charge on any atom is 0.212 e. The number of hydrogen-bond donors (Lipinski definition) is 0. The van der Waals surface area contributed by atoms with Crippen LogP contribution in [0.15, 0.2) is 31.0 Å². The first-order valence-corrected chi connectivity index (χ1v) is 4.37. The first-order chi connectivity index (χ1) is 6.76. The number of nitrogens with zero attached hydrogens (tertiary/aromatic N) is 1. The Hall–Kier alpha value is -1.64. The first kappa shape index (κ1) is 10.4. The zero-order valence-electron chi connectivity index (χ0n) is 8.19. The summed E-state index contributed by atoms with van der Waals surface area (Å²) in [6.45, 7) is 3.51. The smallest absolute Gasteiger partial charge is 0.212 e. The monoisotopic (exact) mass is 191 g/mol. The van der Waals surface area contributed by atoms with Gasteiger partial charge in [-0.1, -0.05) is 12.1 Å². The molecule has 0 radical (unpaired) electrons. The predicted octanol–water partition coefficient (Wildman–Crippen LogP) is 1.78. The van der Waals surface area contributed by atoms with Gasteiger partial charge in [0.05, 0.1) is 7.11 Å². The molecule has 0 unspecified atom stereocenters. The van der Waals surface area contributed by atoms with Gasteiger partial charge >= 0.3 is 0 Å². The number of ketones is 1. The summed E-state index contributed by atoms with van der Waals surface area (Å²) >= 11 is 0. The molecule has 74 valence electrons.